The average Bonchev–Trinajstić information content (AvgIpc) is 3.25. The summed E-state index contributed by atoms with van der Waals surface area (Å²) in [5.74, 6) is 0.446. The van der Waals surface area contributed by atoms with Gasteiger partial charge >= 0.3 is 5.97 Å². The molecule has 0 radical (unpaired) electrons. The van der Waals surface area contributed by atoms with E-state index in [-0.39, 0.29) is 31.8 Å². The molecular weight excluding hydrogens is 314 g/mol. The maximum Gasteiger partial charge on any atom is 0.314 e. The number of carbonyl (C=O) groups excluding carboxylic acids is 1. The molecular formula is C17H19NO6. The summed E-state index contributed by atoms with van der Waals surface area (Å²) in [4.78, 5) is 25.8. The first kappa shape index (κ1) is 15.3. The van der Waals surface area contributed by atoms with Crippen LogP contribution >= 0.6 is 0 Å². The van der Waals surface area contributed by atoms with E-state index in [9.17, 15) is 14.7 Å². The second-order valence-electron chi connectivity index (χ2n) is 6.64. The molecule has 0 saturated carbocycles. The Morgan fingerprint density at radius 2 is 2.12 bits per heavy atom. The summed E-state index contributed by atoms with van der Waals surface area (Å²) in [7, 11) is 0. The molecule has 1 aromatic carbocycles. The smallest absolute Gasteiger partial charge is 0.314 e. The molecule has 0 spiro atoms. The molecule has 0 unspecified atom stereocenters. The zero-order valence-electron chi connectivity index (χ0n) is 13.2. The Morgan fingerprint density at radius 1 is 1.29 bits per heavy atom. The van der Waals surface area contributed by atoms with E-state index in [1.807, 2.05) is 18.2 Å². The van der Waals surface area contributed by atoms with Crippen molar-refractivity contribution in [2.75, 3.05) is 33.1 Å². The number of ether oxygens (including phenoxy) is 3. The quantitative estimate of drug-likeness (QED) is 0.881. The lowest BCUT2D eigenvalue weighted by atomic mass is 9.81. The molecule has 7 heteroatoms. The first-order valence-electron chi connectivity index (χ1n) is 8.06. The van der Waals surface area contributed by atoms with Crippen LogP contribution in [0.2, 0.25) is 0 Å². The summed E-state index contributed by atoms with van der Waals surface area (Å²) in [5, 5.41) is 9.53. The van der Waals surface area contributed by atoms with Crippen LogP contribution in [0.25, 0.3) is 0 Å². The van der Waals surface area contributed by atoms with Crippen molar-refractivity contribution in [2.45, 2.75) is 12.8 Å². The van der Waals surface area contributed by atoms with Crippen LogP contribution in [-0.4, -0.2) is 55.0 Å². The van der Waals surface area contributed by atoms with Crippen molar-refractivity contribution in [1.29, 1.82) is 0 Å². The number of aryl methyl sites for hydroxylation is 1. The molecule has 1 N–H and O–H groups in total. The van der Waals surface area contributed by atoms with Crippen LogP contribution in [0.5, 0.6) is 11.5 Å². The lowest BCUT2D eigenvalue weighted by molar-refractivity contribution is -0.149. The molecule has 4 rings (SSSR count). The number of hydrogen-bond donors (Lipinski definition) is 1. The van der Waals surface area contributed by atoms with Crippen LogP contribution in [-0.2, 0) is 20.7 Å². The molecule has 1 amide bonds. The maximum absolute atomic E-state index is 12.5. The fourth-order valence-corrected chi connectivity index (χ4v) is 3.73. The van der Waals surface area contributed by atoms with E-state index in [2.05, 4.69) is 0 Å². The third-order valence-electron chi connectivity index (χ3n) is 5.22. The molecule has 1 aromatic rings. The first-order valence-corrected chi connectivity index (χ1v) is 8.06. The highest BCUT2D eigenvalue weighted by molar-refractivity contribution is 5.81. The molecule has 128 valence electrons. The number of carboxylic acid groups (broad SMARTS) is 1. The number of hydrogen-bond acceptors (Lipinski definition) is 5. The number of nitrogens with zero attached hydrogens (tertiary/aromatic N) is 1. The summed E-state index contributed by atoms with van der Waals surface area (Å²) >= 11 is 0. The predicted molar refractivity (Wildman–Crippen MR) is 81.8 cm³/mol. The summed E-state index contributed by atoms with van der Waals surface area (Å²) in [5.41, 5.74) is 0.0808. The maximum atomic E-state index is 12.5. The van der Waals surface area contributed by atoms with Gasteiger partial charge < -0.3 is 24.2 Å². The van der Waals surface area contributed by atoms with Crippen molar-refractivity contribution in [3.63, 3.8) is 0 Å². The monoisotopic (exact) mass is 333 g/mol. The molecule has 2 atom stereocenters. The van der Waals surface area contributed by atoms with Crippen LogP contribution in [0.15, 0.2) is 18.2 Å². The number of rotatable bonds is 4. The topological polar surface area (TPSA) is 85.3 Å². The van der Waals surface area contributed by atoms with E-state index in [1.165, 1.54) is 0 Å². The third kappa shape index (κ3) is 2.39. The van der Waals surface area contributed by atoms with Gasteiger partial charge in [0, 0.05) is 25.4 Å². The standard InChI is InChI=1S/C17H19NO6/c19-15(4-2-11-1-3-13-14(5-11)24-10-23-13)18-6-12-7-22-9-17(12,8-18)16(20)21/h1,3,5,12H,2,4,6-10H2,(H,20,21)/t12-,17-/m1/s1. The Balaban J connectivity index is 1.38. The van der Waals surface area contributed by atoms with Crippen LogP contribution in [0.4, 0.5) is 0 Å². The van der Waals surface area contributed by atoms with Crippen LogP contribution in [0, 0.1) is 11.3 Å². The highest BCUT2D eigenvalue weighted by Crippen LogP contribution is 2.41. The highest BCUT2D eigenvalue weighted by atomic mass is 16.7. The van der Waals surface area contributed by atoms with Gasteiger partial charge in [-0.1, -0.05) is 6.07 Å². The second kappa shape index (κ2) is 5.66. The van der Waals surface area contributed by atoms with Crippen LogP contribution < -0.4 is 9.47 Å². The van der Waals surface area contributed by atoms with Gasteiger partial charge in [0.2, 0.25) is 12.7 Å². The average molecular weight is 333 g/mol. The number of fused-ring (bicyclic) bond motifs is 2. The van der Waals surface area contributed by atoms with Crippen molar-refractivity contribution in [3.05, 3.63) is 23.8 Å². The van der Waals surface area contributed by atoms with Crippen molar-refractivity contribution in [1.82, 2.24) is 4.90 Å². The largest absolute Gasteiger partial charge is 0.481 e. The first-order chi connectivity index (χ1) is 11.6. The Morgan fingerprint density at radius 3 is 2.92 bits per heavy atom. The van der Waals surface area contributed by atoms with E-state index in [1.54, 1.807) is 4.90 Å². The van der Waals surface area contributed by atoms with E-state index in [0.29, 0.717) is 31.7 Å². The normalized spacial score (nSPS) is 27.3. The van der Waals surface area contributed by atoms with E-state index >= 15 is 0 Å². The number of carbonyl (C=O) groups is 2. The Bertz CT molecular complexity index is 690. The van der Waals surface area contributed by atoms with Crippen LogP contribution in [0.3, 0.4) is 0 Å². The molecule has 3 aliphatic rings. The predicted octanol–water partition coefficient (Wildman–Crippen LogP) is 0.908. The zero-order valence-corrected chi connectivity index (χ0v) is 13.2. The molecule has 2 saturated heterocycles. The van der Waals surface area contributed by atoms with E-state index in [4.69, 9.17) is 14.2 Å². The fraction of sp³-hybridized carbons (Fsp3) is 0.529. The number of carboxylic acids is 1. The molecule has 7 nitrogen and oxygen atoms in total. The zero-order chi connectivity index (χ0) is 16.7. The number of aliphatic carboxylic acids is 1. The summed E-state index contributed by atoms with van der Waals surface area (Å²) in [6, 6.07) is 5.66. The lowest BCUT2D eigenvalue weighted by Gasteiger charge is -2.22. The summed E-state index contributed by atoms with van der Waals surface area (Å²) in [6.07, 6.45) is 0.941. The van der Waals surface area contributed by atoms with Gasteiger partial charge in [0.1, 0.15) is 5.41 Å². The van der Waals surface area contributed by atoms with E-state index in [0.717, 1.165) is 11.3 Å². The SMILES string of the molecule is O=C(CCc1ccc2c(c1)OCO2)N1C[C@@H]2COC[C@]2(C(=O)O)C1. The third-order valence-corrected chi connectivity index (χ3v) is 5.22. The van der Waals surface area contributed by atoms with Gasteiger partial charge in [-0.2, -0.15) is 0 Å². The van der Waals surface area contributed by atoms with Gasteiger partial charge in [-0.25, -0.2) is 0 Å². The number of benzene rings is 1. The lowest BCUT2D eigenvalue weighted by Crippen LogP contribution is -2.40. The molecule has 2 fully saturated rings. The van der Waals surface area contributed by atoms with Crippen molar-refractivity contribution in [2.24, 2.45) is 11.3 Å². The van der Waals surface area contributed by atoms with Gasteiger partial charge in [0.15, 0.2) is 11.5 Å². The molecule has 3 aliphatic heterocycles. The van der Waals surface area contributed by atoms with Gasteiger partial charge in [-0.15, -0.1) is 0 Å². The van der Waals surface area contributed by atoms with Gasteiger partial charge in [-0.05, 0) is 24.1 Å². The Kier molecular flexibility index (Phi) is 3.60. The molecule has 3 heterocycles. The summed E-state index contributed by atoms with van der Waals surface area (Å²) < 4.78 is 15.9. The van der Waals surface area contributed by atoms with E-state index < -0.39 is 11.4 Å². The fourth-order valence-electron chi connectivity index (χ4n) is 3.73. The minimum atomic E-state index is -0.922. The molecule has 0 aliphatic carbocycles. The Labute approximate surface area is 139 Å². The molecule has 0 bridgehead atoms. The molecule has 0 aromatic heterocycles. The van der Waals surface area contributed by atoms with Crippen molar-refractivity contribution >= 4 is 11.9 Å². The highest BCUT2D eigenvalue weighted by Gasteiger charge is 2.57. The van der Waals surface area contributed by atoms with Crippen molar-refractivity contribution in [3.8, 4) is 11.5 Å². The second-order valence-corrected chi connectivity index (χ2v) is 6.64. The summed E-state index contributed by atoms with van der Waals surface area (Å²) in [6.45, 7) is 1.54. The molecule has 24 heavy (non-hydrogen) atoms. The Hall–Kier alpha value is -2.28. The van der Waals surface area contributed by atoms with Gasteiger partial charge in [0.25, 0.3) is 0 Å². The number of likely N-dealkylation sites (tertiary alicyclic amines) is 1. The van der Waals surface area contributed by atoms with Gasteiger partial charge in [-0.3, -0.25) is 9.59 Å². The minimum Gasteiger partial charge on any atom is -0.481 e. The number of amides is 1. The van der Waals surface area contributed by atoms with Crippen molar-refractivity contribution < 1.29 is 28.9 Å². The minimum absolute atomic E-state index is 0.0114. The van der Waals surface area contributed by atoms with Crippen LogP contribution in [0.1, 0.15) is 12.0 Å². The van der Waals surface area contributed by atoms with Gasteiger partial charge in [0.05, 0.1) is 13.2 Å².